The lowest BCUT2D eigenvalue weighted by molar-refractivity contribution is 0.122. The van der Waals surface area contributed by atoms with E-state index in [-0.39, 0.29) is 26.3 Å². The minimum atomic E-state index is -4.33. The molecule has 3 aromatic rings. The van der Waals surface area contributed by atoms with Crippen molar-refractivity contribution < 1.29 is 26.0 Å². The zero-order valence-corrected chi connectivity index (χ0v) is 21.2. The molecule has 1 aliphatic rings. The number of morpholine rings is 1. The van der Waals surface area contributed by atoms with Gasteiger partial charge in [-0.1, -0.05) is 35.3 Å². The number of anilines is 3. The first kappa shape index (κ1) is 25.5. The average Bonchev–Trinajstić information content (AvgIpc) is 2.82. The van der Waals surface area contributed by atoms with Crippen molar-refractivity contribution in [3.05, 3.63) is 76.5 Å². The molecule has 0 spiro atoms. The average molecular weight is 560 g/mol. The number of sulfonamides is 2. The second kappa shape index (κ2) is 10.2. The number of hydrogen-bond donors (Lipinski definition) is 2. The Hall–Kier alpha value is -2.57. The van der Waals surface area contributed by atoms with Gasteiger partial charge in [-0.3, -0.25) is 9.44 Å². The summed E-state index contributed by atoms with van der Waals surface area (Å²) in [5, 5.41) is 0.397. The molecular formula is C22H20Cl2FN3O5S2. The molecule has 0 saturated carbocycles. The smallest absolute Gasteiger partial charge is 0.264 e. The van der Waals surface area contributed by atoms with Crippen LogP contribution in [0.1, 0.15) is 0 Å². The Balaban J connectivity index is 1.76. The summed E-state index contributed by atoms with van der Waals surface area (Å²) in [6.07, 6.45) is 0. The van der Waals surface area contributed by atoms with Crippen LogP contribution >= 0.6 is 23.2 Å². The molecule has 0 atom stereocenters. The van der Waals surface area contributed by atoms with Gasteiger partial charge in [0, 0.05) is 18.1 Å². The predicted molar refractivity (Wildman–Crippen MR) is 134 cm³/mol. The van der Waals surface area contributed by atoms with Crippen LogP contribution in [0.2, 0.25) is 10.0 Å². The number of ether oxygens (including phenoxy) is 1. The zero-order valence-electron chi connectivity index (χ0n) is 18.0. The topological polar surface area (TPSA) is 105 Å². The van der Waals surface area contributed by atoms with Crippen LogP contribution in [-0.2, 0) is 24.8 Å². The van der Waals surface area contributed by atoms with Crippen molar-refractivity contribution in [2.45, 2.75) is 9.79 Å². The molecular weight excluding hydrogens is 540 g/mol. The van der Waals surface area contributed by atoms with Crippen LogP contribution in [0.15, 0.2) is 70.5 Å². The summed E-state index contributed by atoms with van der Waals surface area (Å²) in [4.78, 5) is 1.04. The van der Waals surface area contributed by atoms with Crippen LogP contribution < -0.4 is 14.3 Å². The van der Waals surface area contributed by atoms with Crippen molar-refractivity contribution in [1.29, 1.82) is 0 Å². The Bertz CT molecular complexity index is 1460. The van der Waals surface area contributed by atoms with Crippen LogP contribution in [0.4, 0.5) is 21.5 Å². The van der Waals surface area contributed by atoms with Gasteiger partial charge in [0.2, 0.25) is 0 Å². The van der Waals surface area contributed by atoms with E-state index in [9.17, 15) is 21.2 Å². The van der Waals surface area contributed by atoms with Gasteiger partial charge in [-0.05, 0) is 48.5 Å². The van der Waals surface area contributed by atoms with E-state index >= 15 is 0 Å². The monoisotopic (exact) mass is 559 g/mol. The summed E-state index contributed by atoms with van der Waals surface area (Å²) in [5.74, 6) is -0.935. The quantitative estimate of drug-likeness (QED) is 0.439. The van der Waals surface area contributed by atoms with Crippen molar-refractivity contribution in [1.82, 2.24) is 0 Å². The summed E-state index contributed by atoms with van der Waals surface area (Å²) in [6, 6.07) is 13.3. The molecule has 1 fully saturated rings. The van der Waals surface area contributed by atoms with Gasteiger partial charge in [0.15, 0.2) is 0 Å². The van der Waals surface area contributed by atoms with Crippen LogP contribution in [0.3, 0.4) is 0 Å². The van der Waals surface area contributed by atoms with Gasteiger partial charge in [-0.15, -0.1) is 0 Å². The lowest BCUT2D eigenvalue weighted by atomic mass is 10.2. The molecule has 8 nitrogen and oxygen atoms in total. The van der Waals surface area contributed by atoms with E-state index in [1.807, 2.05) is 4.90 Å². The van der Waals surface area contributed by atoms with E-state index in [0.29, 0.717) is 32.0 Å². The highest BCUT2D eigenvalue weighted by Crippen LogP contribution is 2.34. The fourth-order valence-electron chi connectivity index (χ4n) is 3.51. The molecule has 186 valence electrons. The molecule has 35 heavy (non-hydrogen) atoms. The number of nitrogens with zero attached hydrogens (tertiary/aromatic N) is 1. The highest BCUT2D eigenvalue weighted by Gasteiger charge is 2.26. The van der Waals surface area contributed by atoms with Gasteiger partial charge < -0.3 is 9.64 Å². The molecule has 2 N–H and O–H groups in total. The molecule has 1 heterocycles. The first-order valence-corrected chi connectivity index (χ1v) is 14.0. The SMILES string of the molecule is O=S(=O)(Nc1ccc(N2CCOCC2)c(S(=O)(=O)Nc2cc(Cl)ccc2Cl)c1)c1ccccc1F. The number of halogens is 3. The standard InChI is InChI=1S/C22H20Cl2FN3O5S2/c23-15-5-7-17(24)19(13-15)27-35(31,32)22-14-16(6-8-20(22)28-9-11-33-12-10-28)26-34(29,30)21-4-2-1-3-18(21)25/h1-8,13-14,26-27H,9-12H2. The molecule has 3 aromatic carbocycles. The number of hydrogen-bond acceptors (Lipinski definition) is 6. The Morgan fingerprint density at radius 3 is 2.23 bits per heavy atom. The minimum absolute atomic E-state index is 0.0597. The van der Waals surface area contributed by atoms with E-state index in [2.05, 4.69) is 9.44 Å². The van der Waals surface area contributed by atoms with Gasteiger partial charge in [0.1, 0.15) is 15.6 Å². The van der Waals surface area contributed by atoms with Crippen molar-refractivity contribution in [3.63, 3.8) is 0 Å². The van der Waals surface area contributed by atoms with Gasteiger partial charge in [0.25, 0.3) is 20.0 Å². The summed E-state index contributed by atoms with van der Waals surface area (Å²) >= 11 is 12.1. The van der Waals surface area contributed by atoms with E-state index < -0.39 is 30.8 Å². The fourth-order valence-corrected chi connectivity index (χ4v) is 6.35. The minimum Gasteiger partial charge on any atom is -0.378 e. The van der Waals surface area contributed by atoms with Crippen LogP contribution in [-0.4, -0.2) is 43.1 Å². The lowest BCUT2D eigenvalue weighted by Gasteiger charge is -2.30. The molecule has 0 bridgehead atoms. The number of benzene rings is 3. The Morgan fingerprint density at radius 1 is 0.829 bits per heavy atom. The summed E-state index contributed by atoms with van der Waals surface area (Å²) in [6.45, 7) is 1.66. The van der Waals surface area contributed by atoms with Crippen molar-refractivity contribution in [3.8, 4) is 0 Å². The van der Waals surface area contributed by atoms with E-state index in [1.165, 1.54) is 48.5 Å². The molecule has 13 heteroatoms. The highest BCUT2D eigenvalue weighted by molar-refractivity contribution is 7.93. The molecule has 0 aliphatic carbocycles. The Morgan fingerprint density at radius 2 is 1.51 bits per heavy atom. The Kier molecular flexibility index (Phi) is 7.43. The van der Waals surface area contributed by atoms with Gasteiger partial charge in [0.05, 0.1) is 35.3 Å². The highest BCUT2D eigenvalue weighted by atomic mass is 35.5. The van der Waals surface area contributed by atoms with E-state index in [1.54, 1.807) is 0 Å². The maximum atomic E-state index is 14.1. The van der Waals surface area contributed by atoms with Crippen LogP contribution in [0.5, 0.6) is 0 Å². The van der Waals surface area contributed by atoms with Gasteiger partial charge in [-0.25, -0.2) is 21.2 Å². The molecule has 0 aromatic heterocycles. The third-order valence-corrected chi connectivity index (χ3v) is 8.53. The fraction of sp³-hybridized carbons (Fsp3) is 0.182. The molecule has 1 aliphatic heterocycles. The third-order valence-electron chi connectivity index (χ3n) is 5.15. The second-order valence-electron chi connectivity index (χ2n) is 7.55. The molecule has 0 unspecified atom stereocenters. The van der Waals surface area contributed by atoms with Crippen molar-refractivity contribution in [2.24, 2.45) is 0 Å². The second-order valence-corrected chi connectivity index (χ2v) is 11.7. The van der Waals surface area contributed by atoms with E-state index in [0.717, 1.165) is 12.1 Å². The van der Waals surface area contributed by atoms with Crippen molar-refractivity contribution in [2.75, 3.05) is 40.6 Å². The normalized spacial score (nSPS) is 14.5. The summed E-state index contributed by atoms with van der Waals surface area (Å²) < 4.78 is 76.6. The first-order valence-electron chi connectivity index (χ1n) is 10.3. The number of rotatable bonds is 7. The van der Waals surface area contributed by atoms with Crippen LogP contribution in [0.25, 0.3) is 0 Å². The molecule has 0 radical (unpaired) electrons. The summed E-state index contributed by atoms with van der Waals surface area (Å²) in [7, 11) is -8.60. The predicted octanol–water partition coefficient (Wildman–Crippen LogP) is 4.57. The molecule has 4 rings (SSSR count). The number of nitrogens with one attached hydrogen (secondary N) is 2. The molecule has 0 amide bonds. The molecule has 1 saturated heterocycles. The largest absolute Gasteiger partial charge is 0.378 e. The lowest BCUT2D eigenvalue weighted by Crippen LogP contribution is -2.37. The van der Waals surface area contributed by atoms with Gasteiger partial charge >= 0.3 is 0 Å². The zero-order chi connectivity index (χ0) is 25.2. The van der Waals surface area contributed by atoms with E-state index in [4.69, 9.17) is 27.9 Å². The maximum absolute atomic E-state index is 14.1. The van der Waals surface area contributed by atoms with Crippen molar-refractivity contribution >= 4 is 60.3 Å². The summed E-state index contributed by atoms with van der Waals surface area (Å²) in [5.41, 5.74) is 0.333. The first-order chi connectivity index (χ1) is 16.6. The van der Waals surface area contributed by atoms with Gasteiger partial charge in [-0.2, -0.15) is 0 Å². The third kappa shape index (κ3) is 5.81. The maximum Gasteiger partial charge on any atom is 0.264 e. The van der Waals surface area contributed by atoms with Crippen LogP contribution in [0, 0.1) is 5.82 Å². The Labute approximate surface area is 212 Å².